The maximum Gasteiger partial charge on any atom is 0.330 e. The Balaban J connectivity index is 3.10. The summed E-state index contributed by atoms with van der Waals surface area (Å²) in [5.41, 5.74) is 0. The first-order chi connectivity index (χ1) is 11.3. The van der Waals surface area contributed by atoms with Crippen molar-refractivity contribution in [1.82, 2.24) is 0 Å². The van der Waals surface area contributed by atoms with Crippen LogP contribution in [0.3, 0.4) is 0 Å². The molecule has 0 aliphatic carbocycles. The lowest BCUT2D eigenvalue weighted by atomic mass is 10.1. The summed E-state index contributed by atoms with van der Waals surface area (Å²) in [5, 5.41) is 0. The highest BCUT2D eigenvalue weighted by molar-refractivity contribution is 5.81. The molecule has 0 radical (unpaired) electrons. The maximum absolute atomic E-state index is 10.8. The van der Waals surface area contributed by atoms with Crippen molar-refractivity contribution in [3.8, 4) is 0 Å². The summed E-state index contributed by atoms with van der Waals surface area (Å²) in [4.78, 5) is 10.8. The van der Waals surface area contributed by atoms with Gasteiger partial charge in [-0.05, 0) is 32.1 Å². The minimum absolute atomic E-state index is 0.308. The third-order valence-electron chi connectivity index (χ3n) is 4.07. The quantitative estimate of drug-likeness (QED) is 0.128. The zero-order valence-electron chi connectivity index (χ0n) is 15.4. The first-order valence-electron chi connectivity index (χ1n) is 9.75. The number of hydrogen-bond acceptors (Lipinski definition) is 2. The summed E-state index contributed by atoms with van der Waals surface area (Å²) < 4.78 is 4.94. The summed E-state index contributed by atoms with van der Waals surface area (Å²) >= 11 is 0. The first kappa shape index (κ1) is 21.9. The summed E-state index contributed by atoms with van der Waals surface area (Å²) in [6, 6.07) is 0. The van der Waals surface area contributed by atoms with Crippen molar-refractivity contribution >= 4 is 5.97 Å². The van der Waals surface area contributed by atoms with Crippen molar-refractivity contribution in [3.05, 3.63) is 24.8 Å². The largest absolute Gasteiger partial charge is 0.463 e. The average molecular weight is 323 g/mol. The highest BCUT2D eigenvalue weighted by atomic mass is 16.5. The van der Waals surface area contributed by atoms with Crippen LogP contribution in [0.25, 0.3) is 0 Å². The summed E-state index contributed by atoms with van der Waals surface area (Å²) in [7, 11) is 0. The number of rotatable bonds is 17. The Labute approximate surface area is 144 Å². The van der Waals surface area contributed by atoms with E-state index >= 15 is 0 Å². The maximum atomic E-state index is 10.8. The van der Waals surface area contributed by atoms with E-state index in [2.05, 4.69) is 25.7 Å². The molecule has 23 heavy (non-hydrogen) atoms. The number of esters is 1. The molecular weight excluding hydrogens is 284 g/mol. The molecule has 0 bridgehead atoms. The van der Waals surface area contributed by atoms with Gasteiger partial charge in [-0.2, -0.15) is 0 Å². The van der Waals surface area contributed by atoms with Gasteiger partial charge in [0.05, 0.1) is 6.61 Å². The van der Waals surface area contributed by atoms with E-state index in [1.165, 1.54) is 83.1 Å². The van der Waals surface area contributed by atoms with Gasteiger partial charge >= 0.3 is 5.97 Å². The Kier molecular flexibility index (Phi) is 18.1. The molecule has 0 aromatic rings. The Morgan fingerprint density at radius 2 is 1.26 bits per heavy atom. The molecule has 0 spiro atoms. The van der Waals surface area contributed by atoms with Gasteiger partial charge in [-0.15, -0.1) is 0 Å². The van der Waals surface area contributed by atoms with Gasteiger partial charge in [0.25, 0.3) is 0 Å². The van der Waals surface area contributed by atoms with Crippen LogP contribution in [0.5, 0.6) is 0 Å². The van der Waals surface area contributed by atoms with Crippen molar-refractivity contribution in [1.29, 1.82) is 0 Å². The normalized spacial score (nSPS) is 11.0. The first-order valence-corrected chi connectivity index (χ1v) is 9.75. The number of carbonyl (C=O) groups excluding carboxylic acids is 1. The monoisotopic (exact) mass is 322 g/mol. The van der Waals surface area contributed by atoms with Gasteiger partial charge < -0.3 is 4.74 Å². The molecule has 0 heterocycles. The SMILES string of the molecule is C=CC(=O)OCCCCCCCCC=CCCCCCCCC. The van der Waals surface area contributed by atoms with Crippen molar-refractivity contribution in [3.63, 3.8) is 0 Å². The van der Waals surface area contributed by atoms with Gasteiger partial charge in [0, 0.05) is 6.08 Å². The standard InChI is InChI=1S/C21H38O2/c1-3-5-6-7-8-9-10-11-12-13-14-15-16-17-18-19-20-23-21(22)4-2/h4,11-12H,2-3,5-10,13-20H2,1H3. The molecule has 0 atom stereocenters. The topological polar surface area (TPSA) is 26.3 Å². The molecule has 0 N–H and O–H groups in total. The lowest BCUT2D eigenvalue weighted by molar-refractivity contribution is -0.137. The van der Waals surface area contributed by atoms with Crippen LogP contribution in [0.4, 0.5) is 0 Å². The predicted molar refractivity (Wildman–Crippen MR) is 101 cm³/mol. The number of ether oxygens (including phenoxy) is 1. The molecule has 0 rings (SSSR count). The molecule has 134 valence electrons. The van der Waals surface area contributed by atoms with Crippen LogP contribution in [0.1, 0.15) is 96.8 Å². The molecule has 0 fully saturated rings. The number of unbranched alkanes of at least 4 members (excludes halogenated alkanes) is 12. The van der Waals surface area contributed by atoms with Crippen molar-refractivity contribution in [2.24, 2.45) is 0 Å². The Morgan fingerprint density at radius 3 is 1.78 bits per heavy atom. The van der Waals surface area contributed by atoms with Crippen LogP contribution in [-0.2, 0) is 9.53 Å². The molecule has 0 aromatic carbocycles. The third kappa shape index (κ3) is 18.9. The molecular formula is C21H38O2. The second kappa shape index (κ2) is 19.0. The molecule has 0 aliphatic rings. The number of carbonyl (C=O) groups is 1. The zero-order chi connectivity index (χ0) is 17.0. The number of hydrogen-bond donors (Lipinski definition) is 0. The fraction of sp³-hybridized carbons (Fsp3) is 0.762. The van der Waals surface area contributed by atoms with Crippen LogP contribution >= 0.6 is 0 Å². The molecule has 0 saturated heterocycles. The predicted octanol–water partition coefficient (Wildman–Crippen LogP) is 6.75. The van der Waals surface area contributed by atoms with Crippen LogP contribution in [0, 0.1) is 0 Å². The van der Waals surface area contributed by atoms with Crippen LogP contribution in [0.2, 0.25) is 0 Å². The zero-order valence-corrected chi connectivity index (χ0v) is 15.4. The van der Waals surface area contributed by atoms with E-state index < -0.39 is 0 Å². The van der Waals surface area contributed by atoms with Crippen LogP contribution < -0.4 is 0 Å². The van der Waals surface area contributed by atoms with Gasteiger partial charge in [0.1, 0.15) is 0 Å². The van der Waals surface area contributed by atoms with Crippen LogP contribution in [0.15, 0.2) is 24.8 Å². The fourth-order valence-electron chi connectivity index (χ4n) is 2.58. The molecule has 0 unspecified atom stereocenters. The van der Waals surface area contributed by atoms with Gasteiger partial charge in [-0.3, -0.25) is 0 Å². The summed E-state index contributed by atoms with van der Waals surface area (Å²) in [6.45, 7) is 6.18. The lowest BCUT2D eigenvalue weighted by Gasteiger charge is -2.02. The number of allylic oxidation sites excluding steroid dienone is 2. The van der Waals surface area contributed by atoms with E-state index in [4.69, 9.17) is 4.74 Å². The van der Waals surface area contributed by atoms with E-state index in [9.17, 15) is 4.79 Å². The van der Waals surface area contributed by atoms with E-state index in [0.29, 0.717) is 6.61 Å². The smallest absolute Gasteiger partial charge is 0.330 e. The minimum Gasteiger partial charge on any atom is -0.463 e. The van der Waals surface area contributed by atoms with Gasteiger partial charge in [0.15, 0.2) is 0 Å². The van der Waals surface area contributed by atoms with E-state index in [0.717, 1.165) is 12.8 Å². The van der Waals surface area contributed by atoms with Crippen molar-refractivity contribution < 1.29 is 9.53 Å². The van der Waals surface area contributed by atoms with E-state index in [-0.39, 0.29) is 5.97 Å². The average Bonchev–Trinajstić information content (AvgIpc) is 2.57. The molecule has 2 heteroatoms. The molecule has 2 nitrogen and oxygen atoms in total. The molecule has 0 saturated carbocycles. The summed E-state index contributed by atoms with van der Waals surface area (Å²) in [5.74, 6) is -0.308. The Morgan fingerprint density at radius 1 is 0.783 bits per heavy atom. The highest BCUT2D eigenvalue weighted by Crippen LogP contribution is 2.09. The highest BCUT2D eigenvalue weighted by Gasteiger charge is 1.95. The second-order valence-electron chi connectivity index (χ2n) is 6.31. The van der Waals surface area contributed by atoms with Gasteiger partial charge in [-0.1, -0.05) is 83.4 Å². The minimum atomic E-state index is -0.308. The second-order valence-corrected chi connectivity index (χ2v) is 6.31. The molecule has 0 aromatic heterocycles. The van der Waals surface area contributed by atoms with Crippen LogP contribution in [-0.4, -0.2) is 12.6 Å². The van der Waals surface area contributed by atoms with E-state index in [1.807, 2.05) is 0 Å². The van der Waals surface area contributed by atoms with Crippen molar-refractivity contribution in [2.45, 2.75) is 96.8 Å². The third-order valence-corrected chi connectivity index (χ3v) is 4.07. The fourth-order valence-corrected chi connectivity index (χ4v) is 2.58. The van der Waals surface area contributed by atoms with Gasteiger partial charge in [0.2, 0.25) is 0 Å². The lowest BCUT2D eigenvalue weighted by Crippen LogP contribution is -2.01. The van der Waals surface area contributed by atoms with E-state index in [1.54, 1.807) is 0 Å². The van der Waals surface area contributed by atoms with Gasteiger partial charge in [-0.25, -0.2) is 4.79 Å². The summed E-state index contributed by atoms with van der Waals surface area (Å²) in [6.07, 6.45) is 24.0. The Bertz CT molecular complexity index is 294. The molecule has 0 amide bonds. The van der Waals surface area contributed by atoms with Crippen molar-refractivity contribution in [2.75, 3.05) is 6.61 Å². The Hall–Kier alpha value is -1.05. The molecule has 0 aliphatic heterocycles.